The number of piperazine rings is 1. The van der Waals surface area contributed by atoms with Crippen LogP contribution in [0.15, 0.2) is 48.8 Å². The first-order valence-electron chi connectivity index (χ1n) is 15.2. The van der Waals surface area contributed by atoms with E-state index in [0.717, 1.165) is 40.1 Å². The highest BCUT2D eigenvalue weighted by molar-refractivity contribution is 6.36. The molecule has 1 amide bonds. The van der Waals surface area contributed by atoms with Crippen molar-refractivity contribution in [2.75, 3.05) is 75.9 Å². The van der Waals surface area contributed by atoms with Crippen molar-refractivity contribution in [3.05, 3.63) is 76.5 Å². The van der Waals surface area contributed by atoms with E-state index >= 15 is 0 Å². The second-order valence-corrected chi connectivity index (χ2v) is 12.6. The number of carbonyl (C=O) groups is 1. The number of likely N-dealkylation sites (N-methyl/N-ethyl adjacent to an activating group) is 1. The molecule has 0 saturated carbocycles. The van der Waals surface area contributed by atoms with Crippen molar-refractivity contribution in [3.8, 4) is 6.01 Å². The number of anilines is 2. The zero-order valence-electron chi connectivity index (χ0n) is 25.6. The number of halogens is 2. The Balaban J connectivity index is 1.31. The summed E-state index contributed by atoms with van der Waals surface area (Å²) in [5.41, 5.74) is 2.90. The van der Waals surface area contributed by atoms with Gasteiger partial charge < -0.3 is 29.0 Å². The van der Waals surface area contributed by atoms with Gasteiger partial charge in [-0.15, -0.1) is 0 Å². The minimum absolute atomic E-state index is 0.00853. The Morgan fingerprint density at radius 1 is 1.22 bits per heavy atom. The Hall–Kier alpha value is -3.98. The summed E-state index contributed by atoms with van der Waals surface area (Å²) in [7, 11) is 2.06. The molecule has 1 atom stereocenters. The van der Waals surface area contributed by atoms with E-state index in [1.165, 1.54) is 4.90 Å². The van der Waals surface area contributed by atoms with Gasteiger partial charge in [0.25, 0.3) is 5.91 Å². The van der Waals surface area contributed by atoms with E-state index < -0.39 is 17.8 Å². The van der Waals surface area contributed by atoms with Crippen molar-refractivity contribution < 1.29 is 18.7 Å². The molecule has 45 heavy (non-hydrogen) atoms. The monoisotopic (exact) mass is 633 g/mol. The van der Waals surface area contributed by atoms with Crippen LogP contribution in [-0.4, -0.2) is 103 Å². The number of nitrogens with zero attached hydrogens (tertiary/aromatic N) is 7. The highest BCUT2D eigenvalue weighted by Gasteiger charge is 2.38. The molecule has 2 fully saturated rings. The summed E-state index contributed by atoms with van der Waals surface area (Å²) in [6.45, 7) is 17.6. The fourth-order valence-corrected chi connectivity index (χ4v) is 6.63. The molecular weight excluding hydrogens is 597 g/mol. The van der Waals surface area contributed by atoms with Gasteiger partial charge in [-0.1, -0.05) is 42.4 Å². The lowest BCUT2D eigenvalue weighted by Crippen LogP contribution is -2.59. The van der Waals surface area contributed by atoms with Crippen molar-refractivity contribution in [1.29, 1.82) is 0 Å². The summed E-state index contributed by atoms with van der Waals surface area (Å²) in [6.07, 6.45) is 0.681. The predicted octanol–water partition coefficient (Wildman–Crippen LogP) is 4.37. The van der Waals surface area contributed by atoms with Crippen LogP contribution in [0.3, 0.4) is 0 Å². The first-order valence-corrected chi connectivity index (χ1v) is 15.5. The molecule has 3 aliphatic rings. The molecule has 4 heterocycles. The van der Waals surface area contributed by atoms with E-state index in [1.807, 2.05) is 18.2 Å². The van der Waals surface area contributed by atoms with Gasteiger partial charge in [-0.2, -0.15) is 9.97 Å². The maximum Gasteiger partial charge on any atom is 0.318 e. The lowest BCUT2D eigenvalue weighted by molar-refractivity contribution is -0.131. The fourth-order valence-electron chi connectivity index (χ4n) is 6.35. The predicted molar refractivity (Wildman–Crippen MR) is 173 cm³/mol. The number of benzene rings is 2. The molecule has 10 nitrogen and oxygen atoms in total. The van der Waals surface area contributed by atoms with Crippen molar-refractivity contribution >= 4 is 39.8 Å². The zero-order valence-corrected chi connectivity index (χ0v) is 26.4. The van der Waals surface area contributed by atoms with Gasteiger partial charge in [0.15, 0.2) is 5.83 Å². The van der Waals surface area contributed by atoms with Crippen molar-refractivity contribution in [3.63, 3.8) is 0 Å². The van der Waals surface area contributed by atoms with Gasteiger partial charge in [-0.3, -0.25) is 9.69 Å². The topological polar surface area (TPSA) is 78.6 Å². The van der Waals surface area contributed by atoms with E-state index in [4.69, 9.17) is 37.6 Å². The Labute approximate surface area is 267 Å². The molecule has 0 bridgehead atoms. The standard InChI is InChI=1S/C33H37ClFN7O3/c1-22(35)31(43)42-14-13-41(18-24(42)17-36-3)30-25-11-12-40(28-10-6-8-23-7-5-9-26(34)29(23)28)19-27(25)37-32(38-30)45-16-15-39(4)33(2)20-44-21-33/h5-10,24H,1,11-21H2,2,4H3/t24-/m0/s1. The Morgan fingerprint density at radius 2 is 2.00 bits per heavy atom. The van der Waals surface area contributed by atoms with Gasteiger partial charge in [0.2, 0.25) is 6.54 Å². The normalized spacial score (nSPS) is 19.2. The summed E-state index contributed by atoms with van der Waals surface area (Å²) >= 11 is 6.69. The number of ether oxygens (including phenoxy) is 2. The Morgan fingerprint density at radius 3 is 2.71 bits per heavy atom. The van der Waals surface area contributed by atoms with Gasteiger partial charge in [0, 0.05) is 49.4 Å². The van der Waals surface area contributed by atoms with E-state index in [-0.39, 0.29) is 24.6 Å². The summed E-state index contributed by atoms with van der Waals surface area (Å²) in [4.78, 5) is 33.9. The molecule has 0 N–H and O–H groups in total. The smallest absolute Gasteiger partial charge is 0.318 e. The average molecular weight is 634 g/mol. The molecule has 12 heteroatoms. The highest BCUT2D eigenvalue weighted by atomic mass is 35.5. The van der Waals surface area contributed by atoms with Gasteiger partial charge >= 0.3 is 6.01 Å². The molecule has 2 aromatic carbocycles. The van der Waals surface area contributed by atoms with Crippen molar-refractivity contribution in [2.45, 2.75) is 31.5 Å². The van der Waals surface area contributed by atoms with Gasteiger partial charge in [0.05, 0.1) is 36.0 Å². The van der Waals surface area contributed by atoms with E-state index in [2.05, 4.69) is 58.3 Å². The number of amides is 1. The number of fused-ring (bicyclic) bond motifs is 2. The number of aromatic nitrogens is 2. The van der Waals surface area contributed by atoms with Crippen LogP contribution in [0.1, 0.15) is 18.2 Å². The SMILES string of the molecule is [C-]#[N+]C[C@H]1CN(c2nc(OCCN(C)C3(C)COC3)nc3c2CCN(c2cccc4cccc(Cl)c24)C3)CCN1C(=O)C(=C)F. The van der Waals surface area contributed by atoms with Crippen LogP contribution in [0.2, 0.25) is 5.02 Å². The maximum absolute atomic E-state index is 13.8. The van der Waals surface area contributed by atoms with Gasteiger partial charge in [-0.05, 0) is 37.9 Å². The zero-order chi connectivity index (χ0) is 31.7. The Bertz CT molecular complexity index is 1650. The van der Waals surface area contributed by atoms with Crippen LogP contribution in [0, 0.1) is 6.57 Å². The summed E-state index contributed by atoms with van der Waals surface area (Å²) in [5, 5.41) is 2.77. The summed E-state index contributed by atoms with van der Waals surface area (Å²) in [6, 6.07) is 11.9. The van der Waals surface area contributed by atoms with E-state index in [9.17, 15) is 9.18 Å². The first kappa shape index (κ1) is 31.0. The van der Waals surface area contributed by atoms with E-state index in [0.29, 0.717) is 57.4 Å². The van der Waals surface area contributed by atoms with Crippen LogP contribution in [0.25, 0.3) is 15.6 Å². The third-order valence-corrected chi connectivity index (χ3v) is 9.49. The van der Waals surface area contributed by atoms with Crippen LogP contribution < -0.4 is 14.5 Å². The molecule has 2 saturated heterocycles. The summed E-state index contributed by atoms with van der Waals surface area (Å²) in [5.74, 6) is -1.05. The third-order valence-electron chi connectivity index (χ3n) is 9.18. The maximum atomic E-state index is 13.8. The molecule has 0 radical (unpaired) electrons. The van der Waals surface area contributed by atoms with Crippen LogP contribution >= 0.6 is 11.6 Å². The van der Waals surface area contributed by atoms with Crippen molar-refractivity contribution in [2.24, 2.45) is 0 Å². The number of hydrogen-bond acceptors (Lipinski definition) is 8. The molecule has 3 aromatic rings. The lowest BCUT2D eigenvalue weighted by atomic mass is 9.99. The molecule has 0 spiro atoms. The molecule has 6 rings (SSSR count). The van der Waals surface area contributed by atoms with Crippen LogP contribution in [-0.2, 0) is 22.5 Å². The third kappa shape index (κ3) is 6.15. The number of rotatable bonds is 9. The fraction of sp³-hybridized carbons (Fsp3) is 0.455. The average Bonchev–Trinajstić information content (AvgIpc) is 3.02. The van der Waals surface area contributed by atoms with Crippen molar-refractivity contribution in [1.82, 2.24) is 19.8 Å². The van der Waals surface area contributed by atoms with Gasteiger partial charge in [0.1, 0.15) is 18.5 Å². The minimum atomic E-state index is -1.02. The first-order chi connectivity index (χ1) is 21.7. The summed E-state index contributed by atoms with van der Waals surface area (Å²) < 4.78 is 25.4. The van der Waals surface area contributed by atoms with E-state index in [1.54, 1.807) is 0 Å². The van der Waals surface area contributed by atoms with Crippen LogP contribution in [0.4, 0.5) is 15.9 Å². The minimum Gasteiger partial charge on any atom is -0.462 e. The molecule has 0 unspecified atom stereocenters. The lowest BCUT2D eigenvalue weighted by Gasteiger charge is -2.45. The molecular formula is C33H37ClFN7O3. The number of carbonyl (C=O) groups excluding carboxylic acids is 1. The second kappa shape index (κ2) is 12.8. The highest BCUT2D eigenvalue weighted by Crippen LogP contribution is 2.37. The molecule has 1 aromatic heterocycles. The number of hydrogen-bond donors (Lipinski definition) is 0. The van der Waals surface area contributed by atoms with Crippen LogP contribution in [0.5, 0.6) is 6.01 Å². The molecule has 236 valence electrons. The second-order valence-electron chi connectivity index (χ2n) is 12.1. The largest absolute Gasteiger partial charge is 0.462 e. The molecule has 3 aliphatic heterocycles. The Kier molecular flexibility index (Phi) is 8.82. The quantitative estimate of drug-likeness (QED) is 0.254. The van der Waals surface area contributed by atoms with Gasteiger partial charge in [-0.25, -0.2) is 11.0 Å². The molecule has 0 aliphatic carbocycles.